The zero-order valence-corrected chi connectivity index (χ0v) is 16.8. The van der Waals surface area contributed by atoms with Crippen molar-refractivity contribution in [3.8, 4) is 0 Å². The second kappa shape index (κ2) is 10.7. The lowest BCUT2D eigenvalue weighted by Crippen LogP contribution is -2.27. The van der Waals surface area contributed by atoms with Gasteiger partial charge in [0.25, 0.3) is 0 Å². The van der Waals surface area contributed by atoms with Crippen LogP contribution in [0.25, 0.3) is 0 Å². The van der Waals surface area contributed by atoms with Gasteiger partial charge in [0.2, 0.25) is 5.91 Å². The molecule has 0 spiro atoms. The second-order valence-electron chi connectivity index (χ2n) is 6.11. The number of hydrogen-bond donors (Lipinski definition) is 2. The highest BCUT2D eigenvalue weighted by Gasteiger charge is 2.05. The summed E-state index contributed by atoms with van der Waals surface area (Å²) >= 11 is 7.23. The van der Waals surface area contributed by atoms with Crippen molar-refractivity contribution in [2.24, 2.45) is 0 Å². The van der Waals surface area contributed by atoms with E-state index >= 15 is 0 Å². The molecule has 0 unspecified atom stereocenters. The average Bonchev–Trinajstić information content (AvgIpc) is 2.74. The van der Waals surface area contributed by atoms with E-state index in [9.17, 15) is 4.79 Å². The van der Waals surface area contributed by atoms with Gasteiger partial charge in [-0.25, -0.2) is 0 Å². The molecule has 1 heterocycles. The predicted molar refractivity (Wildman–Crippen MR) is 115 cm³/mol. The first-order valence-electron chi connectivity index (χ1n) is 8.94. The number of nitrogens with zero attached hydrogens (tertiary/aromatic N) is 2. The average molecular weight is 413 g/mol. The first-order chi connectivity index (χ1) is 13.7. The molecule has 0 aliphatic rings. The van der Waals surface area contributed by atoms with Crippen LogP contribution in [-0.4, -0.2) is 28.4 Å². The van der Waals surface area contributed by atoms with Crippen molar-refractivity contribution in [1.82, 2.24) is 15.5 Å². The topological polar surface area (TPSA) is 66.9 Å². The minimum atomic E-state index is -0.0213. The van der Waals surface area contributed by atoms with Gasteiger partial charge in [-0.15, -0.1) is 10.2 Å². The van der Waals surface area contributed by atoms with Crippen molar-refractivity contribution in [3.05, 3.63) is 82.9 Å². The van der Waals surface area contributed by atoms with E-state index < -0.39 is 0 Å². The summed E-state index contributed by atoms with van der Waals surface area (Å²) in [6, 6.07) is 21.5. The van der Waals surface area contributed by atoms with Crippen LogP contribution in [0.4, 0.5) is 5.82 Å². The van der Waals surface area contributed by atoms with Crippen molar-refractivity contribution in [2.75, 3.05) is 17.6 Å². The van der Waals surface area contributed by atoms with Crippen LogP contribution in [0.2, 0.25) is 5.02 Å². The van der Waals surface area contributed by atoms with Crippen LogP contribution in [0.3, 0.4) is 0 Å². The zero-order chi connectivity index (χ0) is 19.6. The Morgan fingerprint density at radius 1 is 0.929 bits per heavy atom. The Morgan fingerprint density at radius 3 is 2.43 bits per heavy atom. The van der Waals surface area contributed by atoms with Gasteiger partial charge in [-0.2, -0.15) is 0 Å². The third kappa shape index (κ3) is 6.87. The molecule has 28 heavy (non-hydrogen) atoms. The van der Waals surface area contributed by atoms with E-state index in [4.69, 9.17) is 11.6 Å². The zero-order valence-electron chi connectivity index (χ0n) is 15.3. The molecule has 2 aromatic carbocycles. The molecule has 0 bridgehead atoms. The Balaban J connectivity index is 1.35. The van der Waals surface area contributed by atoms with Crippen molar-refractivity contribution in [1.29, 1.82) is 0 Å². The molecule has 2 N–H and O–H groups in total. The Hall–Kier alpha value is -2.57. The number of carbonyl (C=O) groups is 1. The van der Waals surface area contributed by atoms with E-state index in [1.807, 2.05) is 54.6 Å². The summed E-state index contributed by atoms with van der Waals surface area (Å²) in [7, 11) is 0. The van der Waals surface area contributed by atoms with Gasteiger partial charge < -0.3 is 10.6 Å². The fourth-order valence-electron chi connectivity index (χ4n) is 2.47. The van der Waals surface area contributed by atoms with Crippen LogP contribution in [0, 0.1) is 0 Å². The summed E-state index contributed by atoms with van der Waals surface area (Å²) in [5.74, 6) is 0.999. The summed E-state index contributed by atoms with van der Waals surface area (Å²) in [6.45, 7) is 1.28. The molecule has 1 aromatic heterocycles. The number of aromatic nitrogens is 2. The molecular weight excluding hydrogens is 392 g/mol. The third-order valence-corrected chi connectivity index (χ3v) is 5.13. The summed E-state index contributed by atoms with van der Waals surface area (Å²) in [5, 5.41) is 15.9. The van der Waals surface area contributed by atoms with E-state index in [0.29, 0.717) is 29.7 Å². The largest absolute Gasteiger partial charge is 0.365 e. The van der Waals surface area contributed by atoms with Gasteiger partial charge in [-0.3, -0.25) is 4.79 Å². The molecule has 7 heteroatoms. The highest BCUT2D eigenvalue weighted by Crippen LogP contribution is 2.15. The number of anilines is 1. The molecule has 0 saturated heterocycles. The fraction of sp³-hybridized carbons (Fsp3) is 0.190. The Bertz CT molecular complexity index is 873. The maximum absolute atomic E-state index is 12.0. The normalized spacial score (nSPS) is 10.5. The van der Waals surface area contributed by atoms with Gasteiger partial charge in [-0.05, 0) is 41.8 Å². The number of thioether (sulfide) groups is 1. The van der Waals surface area contributed by atoms with Crippen molar-refractivity contribution < 1.29 is 4.79 Å². The summed E-state index contributed by atoms with van der Waals surface area (Å²) in [6.07, 6.45) is 0.773. The molecule has 3 aromatic rings. The van der Waals surface area contributed by atoms with Gasteiger partial charge in [0.15, 0.2) is 0 Å². The first kappa shape index (κ1) is 20.2. The number of halogens is 1. The SMILES string of the molecule is O=C(CSc1ccc(NCc2ccccc2)nn1)NCCc1ccc(Cl)cc1. The van der Waals surface area contributed by atoms with Gasteiger partial charge in [0.1, 0.15) is 10.8 Å². The van der Waals surface area contributed by atoms with E-state index in [-0.39, 0.29) is 5.91 Å². The van der Waals surface area contributed by atoms with E-state index in [1.54, 1.807) is 0 Å². The lowest BCUT2D eigenvalue weighted by molar-refractivity contribution is -0.118. The molecule has 0 radical (unpaired) electrons. The summed E-state index contributed by atoms with van der Waals surface area (Å²) < 4.78 is 0. The van der Waals surface area contributed by atoms with Crippen molar-refractivity contribution in [3.63, 3.8) is 0 Å². The standard InChI is InChI=1S/C21H21ClN4OS/c22-18-8-6-16(7-9-18)12-13-23-20(27)15-28-21-11-10-19(25-26-21)24-14-17-4-2-1-3-5-17/h1-11H,12-15H2,(H,23,27)(H,24,25). The highest BCUT2D eigenvalue weighted by atomic mass is 35.5. The van der Waals surface area contributed by atoms with Crippen LogP contribution in [0.5, 0.6) is 0 Å². The van der Waals surface area contributed by atoms with E-state index in [0.717, 1.165) is 17.0 Å². The van der Waals surface area contributed by atoms with Crippen molar-refractivity contribution >= 4 is 35.1 Å². The molecule has 0 aliphatic carbocycles. The van der Waals surface area contributed by atoms with Crippen LogP contribution >= 0.6 is 23.4 Å². The molecule has 0 fully saturated rings. The number of hydrogen-bond acceptors (Lipinski definition) is 5. The minimum Gasteiger partial charge on any atom is -0.365 e. The lowest BCUT2D eigenvalue weighted by atomic mass is 10.1. The minimum absolute atomic E-state index is 0.0213. The molecular formula is C21H21ClN4OS. The van der Waals surface area contributed by atoms with E-state index in [1.165, 1.54) is 17.3 Å². The van der Waals surface area contributed by atoms with Crippen LogP contribution in [0.1, 0.15) is 11.1 Å². The third-order valence-electron chi connectivity index (χ3n) is 3.96. The monoisotopic (exact) mass is 412 g/mol. The molecule has 1 amide bonds. The van der Waals surface area contributed by atoms with Gasteiger partial charge in [-0.1, -0.05) is 65.8 Å². The Labute approximate surface area is 173 Å². The predicted octanol–water partition coefficient (Wildman–Crippen LogP) is 4.19. The number of rotatable bonds is 9. The Morgan fingerprint density at radius 2 is 1.71 bits per heavy atom. The second-order valence-corrected chi connectivity index (χ2v) is 7.54. The lowest BCUT2D eigenvalue weighted by Gasteiger charge is -2.07. The maximum atomic E-state index is 12.0. The number of nitrogens with one attached hydrogen (secondary N) is 2. The molecule has 144 valence electrons. The molecule has 3 rings (SSSR count). The van der Waals surface area contributed by atoms with Gasteiger partial charge in [0.05, 0.1) is 5.75 Å². The summed E-state index contributed by atoms with van der Waals surface area (Å²) in [4.78, 5) is 12.0. The molecule has 0 aliphatic heterocycles. The number of amides is 1. The smallest absolute Gasteiger partial charge is 0.230 e. The highest BCUT2D eigenvalue weighted by molar-refractivity contribution is 7.99. The van der Waals surface area contributed by atoms with Crippen LogP contribution < -0.4 is 10.6 Å². The quantitative estimate of drug-likeness (QED) is 0.516. The van der Waals surface area contributed by atoms with Gasteiger partial charge in [0, 0.05) is 18.1 Å². The van der Waals surface area contributed by atoms with Crippen LogP contribution in [0.15, 0.2) is 71.8 Å². The molecule has 0 saturated carbocycles. The van der Waals surface area contributed by atoms with Crippen LogP contribution in [-0.2, 0) is 17.8 Å². The number of carbonyl (C=O) groups excluding carboxylic acids is 1. The molecule has 0 atom stereocenters. The number of benzene rings is 2. The first-order valence-corrected chi connectivity index (χ1v) is 10.3. The Kier molecular flexibility index (Phi) is 7.70. The van der Waals surface area contributed by atoms with E-state index in [2.05, 4.69) is 33.0 Å². The summed E-state index contributed by atoms with van der Waals surface area (Å²) in [5.41, 5.74) is 2.32. The fourth-order valence-corrected chi connectivity index (χ4v) is 3.24. The van der Waals surface area contributed by atoms with Crippen molar-refractivity contribution in [2.45, 2.75) is 18.0 Å². The molecule has 5 nitrogen and oxygen atoms in total. The van der Waals surface area contributed by atoms with Gasteiger partial charge >= 0.3 is 0 Å². The maximum Gasteiger partial charge on any atom is 0.230 e.